The summed E-state index contributed by atoms with van der Waals surface area (Å²) in [7, 11) is 0. The quantitative estimate of drug-likeness (QED) is 0.626. The highest BCUT2D eigenvalue weighted by molar-refractivity contribution is 6.21. The van der Waals surface area contributed by atoms with Gasteiger partial charge in [0.2, 0.25) is 0 Å². The van der Waals surface area contributed by atoms with Crippen molar-refractivity contribution in [1.29, 1.82) is 0 Å². The normalized spacial score (nSPS) is 26.8. The van der Waals surface area contributed by atoms with Crippen LogP contribution in [0.15, 0.2) is 18.2 Å². The monoisotopic (exact) mass is 216 g/mol. The van der Waals surface area contributed by atoms with Gasteiger partial charge in [0, 0.05) is 11.3 Å². The first kappa shape index (κ1) is 9.91. The molecule has 1 saturated carbocycles. The van der Waals surface area contributed by atoms with Crippen molar-refractivity contribution in [3.63, 3.8) is 0 Å². The van der Waals surface area contributed by atoms with E-state index in [0.717, 1.165) is 24.8 Å². The number of alkyl halides is 1. The summed E-state index contributed by atoms with van der Waals surface area (Å²) in [6, 6.07) is 4.07. The minimum Gasteiger partial charge on any atom is -0.204 e. The summed E-state index contributed by atoms with van der Waals surface area (Å²) >= 11 is 6.09. The van der Waals surface area contributed by atoms with E-state index in [4.69, 9.17) is 11.6 Å². The summed E-state index contributed by atoms with van der Waals surface area (Å²) in [6.45, 7) is 0. The van der Waals surface area contributed by atoms with Crippen LogP contribution in [0, 0.1) is 11.6 Å². The molecule has 1 aromatic carbocycles. The van der Waals surface area contributed by atoms with Crippen LogP contribution in [0.1, 0.15) is 30.7 Å². The highest BCUT2D eigenvalue weighted by atomic mass is 35.5. The van der Waals surface area contributed by atoms with Crippen molar-refractivity contribution in [3.8, 4) is 0 Å². The third-order valence-electron chi connectivity index (χ3n) is 2.80. The molecule has 1 aromatic rings. The maximum absolute atomic E-state index is 12.9. The Morgan fingerprint density at radius 2 is 1.93 bits per heavy atom. The number of benzene rings is 1. The lowest BCUT2D eigenvalue weighted by molar-refractivity contribution is 0.505. The van der Waals surface area contributed by atoms with Gasteiger partial charge in [-0.1, -0.05) is 12.5 Å². The van der Waals surface area contributed by atoms with Crippen molar-refractivity contribution in [3.05, 3.63) is 35.4 Å². The van der Waals surface area contributed by atoms with Crippen LogP contribution in [0.2, 0.25) is 0 Å². The number of hydrogen-bond donors (Lipinski definition) is 0. The predicted molar refractivity (Wildman–Crippen MR) is 52.6 cm³/mol. The first-order valence-corrected chi connectivity index (χ1v) is 5.21. The second-order valence-corrected chi connectivity index (χ2v) is 4.29. The molecule has 0 spiro atoms. The summed E-state index contributed by atoms with van der Waals surface area (Å²) in [6.07, 6.45) is 3.00. The molecule has 1 aliphatic rings. The molecule has 0 aromatic heterocycles. The molecule has 1 aliphatic carbocycles. The maximum Gasteiger partial charge on any atom is 0.159 e. The molecule has 0 bridgehead atoms. The van der Waals surface area contributed by atoms with Crippen LogP contribution in [0.4, 0.5) is 8.78 Å². The summed E-state index contributed by atoms with van der Waals surface area (Å²) in [5.74, 6) is -1.39. The zero-order valence-corrected chi connectivity index (χ0v) is 8.40. The average Bonchev–Trinajstić information content (AvgIpc) is 2.57. The molecule has 2 atom stereocenters. The number of hydrogen-bond acceptors (Lipinski definition) is 0. The highest BCUT2D eigenvalue weighted by Gasteiger charge is 2.27. The lowest BCUT2D eigenvalue weighted by Gasteiger charge is -2.13. The van der Waals surface area contributed by atoms with Gasteiger partial charge in [0.05, 0.1) is 0 Å². The van der Waals surface area contributed by atoms with Crippen molar-refractivity contribution in [1.82, 2.24) is 0 Å². The Morgan fingerprint density at radius 1 is 1.14 bits per heavy atom. The van der Waals surface area contributed by atoms with Gasteiger partial charge in [0.1, 0.15) is 0 Å². The smallest absolute Gasteiger partial charge is 0.159 e. The van der Waals surface area contributed by atoms with Gasteiger partial charge in [-0.3, -0.25) is 0 Å². The molecule has 0 saturated heterocycles. The zero-order chi connectivity index (χ0) is 10.1. The third kappa shape index (κ3) is 1.76. The van der Waals surface area contributed by atoms with Crippen molar-refractivity contribution < 1.29 is 8.78 Å². The molecule has 2 rings (SSSR count). The van der Waals surface area contributed by atoms with Gasteiger partial charge in [-0.2, -0.15) is 0 Å². The average molecular weight is 217 g/mol. The molecule has 14 heavy (non-hydrogen) atoms. The standard InChI is InChI=1S/C11H11ClF2/c12-9-3-1-2-8(9)7-4-5-10(13)11(14)6-7/h4-6,8-9H,1-3H2. The van der Waals surface area contributed by atoms with Crippen LogP contribution < -0.4 is 0 Å². The molecule has 1 fully saturated rings. The molecule has 3 heteroatoms. The minimum atomic E-state index is -0.794. The molecule has 0 nitrogen and oxygen atoms in total. The Hall–Kier alpha value is -0.630. The van der Waals surface area contributed by atoms with Crippen LogP contribution in [0.3, 0.4) is 0 Å². The molecule has 76 valence electrons. The van der Waals surface area contributed by atoms with Gasteiger partial charge in [-0.15, -0.1) is 11.6 Å². The lowest BCUT2D eigenvalue weighted by atomic mass is 9.97. The molecule has 0 aliphatic heterocycles. The van der Waals surface area contributed by atoms with E-state index in [1.165, 1.54) is 12.1 Å². The largest absolute Gasteiger partial charge is 0.204 e. The van der Waals surface area contributed by atoms with Gasteiger partial charge in [0.15, 0.2) is 11.6 Å². The molecule has 0 N–H and O–H groups in total. The second-order valence-electron chi connectivity index (χ2n) is 3.73. The van der Waals surface area contributed by atoms with Gasteiger partial charge < -0.3 is 0 Å². The molecular weight excluding hydrogens is 206 g/mol. The molecule has 0 heterocycles. The summed E-state index contributed by atoms with van der Waals surface area (Å²) in [4.78, 5) is 0. The molecular formula is C11H11ClF2. The first-order chi connectivity index (χ1) is 6.68. The molecule has 2 unspecified atom stereocenters. The summed E-state index contributed by atoms with van der Waals surface area (Å²) in [5, 5.41) is 0.0693. The summed E-state index contributed by atoms with van der Waals surface area (Å²) < 4.78 is 25.6. The topological polar surface area (TPSA) is 0 Å². The minimum absolute atomic E-state index is 0.0693. The number of rotatable bonds is 1. The van der Waals surface area contributed by atoms with Crippen molar-refractivity contribution in [2.75, 3.05) is 0 Å². The Labute approximate surface area is 86.9 Å². The van der Waals surface area contributed by atoms with Gasteiger partial charge in [-0.05, 0) is 30.5 Å². The second kappa shape index (κ2) is 3.85. The van der Waals surface area contributed by atoms with Crippen LogP contribution in [-0.2, 0) is 0 Å². The SMILES string of the molecule is Fc1ccc(C2CCCC2Cl)cc1F. The summed E-state index contributed by atoms with van der Waals surface area (Å²) in [5.41, 5.74) is 0.821. The number of halogens is 3. The van der Waals surface area contributed by atoms with Crippen molar-refractivity contribution in [2.45, 2.75) is 30.6 Å². The third-order valence-corrected chi connectivity index (χ3v) is 3.33. The van der Waals surface area contributed by atoms with E-state index in [9.17, 15) is 8.78 Å². The van der Waals surface area contributed by atoms with E-state index < -0.39 is 11.6 Å². The highest BCUT2D eigenvalue weighted by Crippen LogP contribution is 2.38. The van der Waals surface area contributed by atoms with E-state index in [1.807, 2.05) is 0 Å². The predicted octanol–water partition coefficient (Wildman–Crippen LogP) is 3.84. The van der Waals surface area contributed by atoms with Crippen molar-refractivity contribution >= 4 is 11.6 Å². The van der Waals surface area contributed by atoms with Gasteiger partial charge in [-0.25, -0.2) is 8.78 Å². The van der Waals surface area contributed by atoms with Gasteiger partial charge in [0.25, 0.3) is 0 Å². The van der Waals surface area contributed by atoms with Crippen molar-refractivity contribution in [2.24, 2.45) is 0 Å². The Morgan fingerprint density at radius 3 is 2.50 bits per heavy atom. The van der Waals surface area contributed by atoms with Gasteiger partial charge >= 0.3 is 0 Å². The Bertz CT molecular complexity index is 338. The van der Waals surface area contributed by atoms with E-state index in [-0.39, 0.29) is 11.3 Å². The molecule has 0 radical (unpaired) electrons. The fraction of sp³-hybridized carbons (Fsp3) is 0.455. The van der Waals surface area contributed by atoms with Crippen LogP contribution in [-0.4, -0.2) is 5.38 Å². The Balaban J connectivity index is 2.28. The van der Waals surface area contributed by atoms with E-state index in [0.29, 0.717) is 0 Å². The van der Waals surface area contributed by atoms with Crippen LogP contribution >= 0.6 is 11.6 Å². The van der Waals surface area contributed by atoms with E-state index in [2.05, 4.69) is 0 Å². The van der Waals surface area contributed by atoms with Crippen LogP contribution in [0.25, 0.3) is 0 Å². The lowest BCUT2D eigenvalue weighted by Crippen LogP contribution is -2.05. The van der Waals surface area contributed by atoms with E-state index >= 15 is 0 Å². The van der Waals surface area contributed by atoms with E-state index in [1.54, 1.807) is 6.07 Å². The zero-order valence-electron chi connectivity index (χ0n) is 7.64. The Kier molecular flexibility index (Phi) is 2.73. The fourth-order valence-electron chi connectivity index (χ4n) is 2.03. The molecule has 0 amide bonds. The first-order valence-electron chi connectivity index (χ1n) is 4.77. The van der Waals surface area contributed by atoms with Crippen LogP contribution in [0.5, 0.6) is 0 Å². The maximum atomic E-state index is 12.9. The fourth-order valence-corrected chi connectivity index (χ4v) is 2.46.